The molecule has 0 radical (unpaired) electrons. The van der Waals surface area contributed by atoms with Gasteiger partial charge in [0.2, 0.25) is 11.8 Å². The Morgan fingerprint density at radius 2 is 1.31 bits per heavy atom. The summed E-state index contributed by atoms with van der Waals surface area (Å²) in [5.41, 5.74) is 9.93. The zero-order chi connectivity index (χ0) is 10.1. The van der Waals surface area contributed by atoms with E-state index in [1.165, 1.54) is 0 Å². The van der Waals surface area contributed by atoms with Crippen molar-refractivity contribution >= 4 is 23.6 Å². The van der Waals surface area contributed by atoms with Gasteiger partial charge in [-0.3, -0.25) is 9.59 Å². The van der Waals surface area contributed by atoms with Crippen molar-refractivity contribution in [2.75, 3.05) is 11.5 Å². The molecule has 0 rings (SSSR count). The van der Waals surface area contributed by atoms with E-state index in [1.807, 2.05) is 0 Å². The summed E-state index contributed by atoms with van der Waals surface area (Å²) >= 11 is 1.72. The lowest BCUT2D eigenvalue weighted by Gasteiger charge is -1.98. The Morgan fingerprint density at radius 1 is 0.923 bits per heavy atom. The fourth-order valence-electron chi connectivity index (χ4n) is 0.799. The molecule has 0 aromatic heterocycles. The van der Waals surface area contributed by atoms with Crippen LogP contribution in [0.15, 0.2) is 0 Å². The molecule has 5 heteroatoms. The summed E-state index contributed by atoms with van der Waals surface area (Å²) in [5, 5.41) is 0. The summed E-state index contributed by atoms with van der Waals surface area (Å²) in [6.07, 6.45) is 2.53. The van der Waals surface area contributed by atoms with Crippen molar-refractivity contribution in [3.05, 3.63) is 0 Å². The second-order valence-corrected chi connectivity index (χ2v) is 3.98. The SMILES string of the molecule is NC(=O)CCCSCCCC(N)=O. The van der Waals surface area contributed by atoms with E-state index in [4.69, 9.17) is 11.5 Å². The second kappa shape index (κ2) is 7.91. The molecular formula is C8H16N2O2S. The lowest BCUT2D eigenvalue weighted by atomic mass is 10.3. The summed E-state index contributed by atoms with van der Waals surface area (Å²) in [7, 11) is 0. The van der Waals surface area contributed by atoms with Gasteiger partial charge >= 0.3 is 0 Å². The first-order chi connectivity index (χ1) is 6.13. The number of carbonyl (C=O) groups is 2. The van der Waals surface area contributed by atoms with Gasteiger partial charge in [-0.15, -0.1) is 0 Å². The Bertz CT molecular complexity index is 156. The summed E-state index contributed by atoms with van der Waals surface area (Å²) in [6.45, 7) is 0. The Kier molecular flexibility index (Phi) is 7.48. The quantitative estimate of drug-likeness (QED) is 0.556. The van der Waals surface area contributed by atoms with Crippen LogP contribution in [0.1, 0.15) is 25.7 Å². The minimum absolute atomic E-state index is 0.252. The van der Waals surface area contributed by atoms with E-state index in [2.05, 4.69) is 0 Å². The molecule has 0 aliphatic carbocycles. The van der Waals surface area contributed by atoms with E-state index < -0.39 is 0 Å². The summed E-state index contributed by atoms with van der Waals surface area (Å²) in [5.74, 6) is 1.33. The van der Waals surface area contributed by atoms with E-state index >= 15 is 0 Å². The van der Waals surface area contributed by atoms with Gasteiger partial charge < -0.3 is 11.5 Å². The predicted octanol–water partition coefficient (Wildman–Crippen LogP) is 0.251. The standard InChI is InChI=1S/C8H16N2O2S/c9-7(11)3-1-5-13-6-2-4-8(10)12/h1-6H2,(H2,9,11)(H2,10,12). The Balaban J connectivity index is 3.00. The van der Waals surface area contributed by atoms with Crippen molar-refractivity contribution in [2.24, 2.45) is 11.5 Å². The van der Waals surface area contributed by atoms with E-state index in [0.717, 1.165) is 24.3 Å². The molecule has 4 N–H and O–H groups in total. The molecule has 0 fully saturated rings. The lowest BCUT2D eigenvalue weighted by molar-refractivity contribution is -0.118. The third-order valence-corrected chi connectivity index (χ3v) is 2.58. The van der Waals surface area contributed by atoms with Gasteiger partial charge in [-0.05, 0) is 24.3 Å². The molecule has 76 valence electrons. The van der Waals surface area contributed by atoms with Crippen LogP contribution in [-0.4, -0.2) is 23.3 Å². The third kappa shape index (κ3) is 11.3. The van der Waals surface area contributed by atoms with Gasteiger partial charge in [0.15, 0.2) is 0 Å². The minimum atomic E-state index is -0.252. The summed E-state index contributed by atoms with van der Waals surface area (Å²) < 4.78 is 0. The van der Waals surface area contributed by atoms with Crippen molar-refractivity contribution in [3.63, 3.8) is 0 Å². The maximum absolute atomic E-state index is 10.3. The van der Waals surface area contributed by atoms with Crippen molar-refractivity contribution in [1.82, 2.24) is 0 Å². The first kappa shape index (κ1) is 12.3. The van der Waals surface area contributed by atoms with E-state index in [0.29, 0.717) is 12.8 Å². The maximum Gasteiger partial charge on any atom is 0.217 e. The minimum Gasteiger partial charge on any atom is -0.370 e. The summed E-state index contributed by atoms with van der Waals surface area (Å²) in [6, 6.07) is 0. The fourth-order valence-corrected chi connectivity index (χ4v) is 1.70. The number of hydrogen-bond acceptors (Lipinski definition) is 3. The molecule has 0 saturated heterocycles. The van der Waals surface area contributed by atoms with Crippen LogP contribution < -0.4 is 11.5 Å². The molecule has 0 aromatic rings. The second-order valence-electron chi connectivity index (χ2n) is 2.75. The molecular weight excluding hydrogens is 188 g/mol. The monoisotopic (exact) mass is 204 g/mol. The highest BCUT2D eigenvalue weighted by atomic mass is 32.2. The maximum atomic E-state index is 10.3. The molecule has 0 atom stereocenters. The van der Waals surface area contributed by atoms with Crippen LogP contribution in [0.3, 0.4) is 0 Å². The number of nitrogens with two attached hydrogens (primary N) is 2. The zero-order valence-electron chi connectivity index (χ0n) is 7.62. The van der Waals surface area contributed by atoms with Gasteiger partial charge in [0.25, 0.3) is 0 Å². The van der Waals surface area contributed by atoms with Crippen LogP contribution >= 0.6 is 11.8 Å². The van der Waals surface area contributed by atoms with Crippen molar-refractivity contribution in [1.29, 1.82) is 0 Å². The van der Waals surface area contributed by atoms with Gasteiger partial charge in [0.05, 0.1) is 0 Å². The van der Waals surface area contributed by atoms with E-state index in [-0.39, 0.29) is 11.8 Å². The smallest absolute Gasteiger partial charge is 0.217 e. The first-order valence-corrected chi connectivity index (χ1v) is 5.42. The number of thioether (sulfide) groups is 1. The lowest BCUT2D eigenvalue weighted by Crippen LogP contribution is -2.10. The molecule has 0 bridgehead atoms. The molecule has 0 aliphatic rings. The highest BCUT2D eigenvalue weighted by molar-refractivity contribution is 7.99. The molecule has 2 amide bonds. The third-order valence-electron chi connectivity index (χ3n) is 1.42. The molecule has 0 aliphatic heterocycles. The highest BCUT2D eigenvalue weighted by Gasteiger charge is 1.96. The van der Waals surface area contributed by atoms with Crippen LogP contribution in [-0.2, 0) is 9.59 Å². The number of primary amides is 2. The zero-order valence-corrected chi connectivity index (χ0v) is 8.44. The molecule has 13 heavy (non-hydrogen) atoms. The number of carbonyl (C=O) groups excluding carboxylic acids is 2. The van der Waals surface area contributed by atoms with Crippen molar-refractivity contribution in [2.45, 2.75) is 25.7 Å². The Hall–Kier alpha value is -0.710. The van der Waals surface area contributed by atoms with Crippen LogP contribution in [0.2, 0.25) is 0 Å². The Labute approximate surface area is 82.4 Å². The molecule has 0 spiro atoms. The van der Waals surface area contributed by atoms with Gasteiger partial charge in [-0.1, -0.05) is 0 Å². The number of hydrogen-bond donors (Lipinski definition) is 2. The summed E-state index contributed by atoms with van der Waals surface area (Å²) in [4.78, 5) is 20.7. The van der Waals surface area contributed by atoms with Gasteiger partial charge in [-0.25, -0.2) is 0 Å². The van der Waals surface area contributed by atoms with E-state index in [1.54, 1.807) is 11.8 Å². The number of amides is 2. The predicted molar refractivity (Wildman–Crippen MR) is 54.2 cm³/mol. The Morgan fingerprint density at radius 3 is 1.62 bits per heavy atom. The van der Waals surface area contributed by atoms with Crippen LogP contribution in [0.25, 0.3) is 0 Å². The van der Waals surface area contributed by atoms with Crippen LogP contribution in [0.4, 0.5) is 0 Å². The topological polar surface area (TPSA) is 86.2 Å². The number of rotatable bonds is 8. The van der Waals surface area contributed by atoms with Crippen LogP contribution in [0.5, 0.6) is 0 Å². The fraction of sp³-hybridized carbons (Fsp3) is 0.750. The molecule has 0 heterocycles. The molecule has 0 unspecified atom stereocenters. The molecule has 0 aromatic carbocycles. The normalized spacial score (nSPS) is 9.85. The van der Waals surface area contributed by atoms with E-state index in [9.17, 15) is 9.59 Å². The molecule has 4 nitrogen and oxygen atoms in total. The van der Waals surface area contributed by atoms with Crippen molar-refractivity contribution in [3.8, 4) is 0 Å². The van der Waals surface area contributed by atoms with Crippen molar-refractivity contribution < 1.29 is 9.59 Å². The highest BCUT2D eigenvalue weighted by Crippen LogP contribution is 2.07. The average Bonchev–Trinajstić information content (AvgIpc) is 2.01. The average molecular weight is 204 g/mol. The van der Waals surface area contributed by atoms with Gasteiger partial charge in [0.1, 0.15) is 0 Å². The molecule has 0 saturated carbocycles. The van der Waals surface area contributed by atoms with Gasteiger partial charge in [-0.2, -0.15) is 11.8 Å². The van der Waals surface area contributed by atoms with Crippen LogP contribution in [0, 0.1) is 0 Å². The largest absolute Gasteiger partial charge is 0.370 e. The van der Waals surface area contributed by atoms with Gasteiger partial charge in [0, 0.05) is 12.8 Å². The first-order valence-electron chi connectivity index (χ1n) is 4.27.